The topological polar surface area (TPSA) is 79.5 Å². The first-order chi connectivity index (χ1) is 12.5. The minimum Gasteiger partial charge on any atom is -0.481 e. The Morgan fingerprint density at radius 1 is 1.04 bits per heavy atom. The van der Waals surface area contributed by atoms with Gasteiger partial charge in [-0.2, -0.15) is 0 Å². The number of anilines is 2. The lowest BCUT2D eigenvalue weighted by Gasteiger charge is -2.09. The van der Waals surface area contributed by atoms with E-state index in [9.17, 15) is 18.4 Å². The fourth-order valence-electron chi connectivity index (χ4n) is 1.91. The van der Waals surface area contributed by atoms with E-state index in [1.807, 2.05) is 0 Å². The van der Waals surface area contributed by atoms with Gasteiger partial charge in [0.25, 0.3) is 5.91 Å². The highest BCUT2D eigenvalue weighted by Crippen LogP contribution is 2.18. The molecule has 0 spiro atoms. The molecule has 6 nitrogen and oxygen atoms in total. The van der Waals surface area contributed by atoms with Gasteiger partial charge in [-0.15, -0.1) is 6.58 Å². The molecule has 0 radical (unpaired) electrons. The number of carbonyl (C=O) groups is 2. The molecule has 0 aliphatic heterocycles. The first-order valence-corrected chi connectivity index (χ1v) is 7.61. The number of amides is 3. The summed E-state index contributed by atoms with van der Waals surface area (Å²) in [5, 5.41) is 7.72. The summed E-state index contributed by atoms with van der Waals surface area (Å²) in [6, 6.07) is 8.80. The summed E-state index contributed by atoms with van der Waals surface area (Å²) < 4.78 is 31.2. The third-order valence-corrected chi connectivity index (χ3v) is 3.09. The van der Waals surface area contributed by atoms with Gasteiger partial charge in [0.1, 0.15) is 5.82 Å². The van der Waals surface area contributed by atoms with Crippen LogP contribution in [0.1, 0.15) is 0 Å². The Morgan fingerprint density at radius 3 is 2.31 bits per heavy atom. The van der Waals surface area contributed by atoms with E-state index in [1.165, 1.54) is 0 Å². The molecule has 0 atom stereocenters. The summed E-state index contributed by atoms with van der Waals surface area (Å²) in [6.07, 6.45) is 1.55. The predicted octanol–water partition coefficient (Wildman–Crippen LogP) is 3.29. The first kappa shape index (κ1) is 18.9. The summed E-state index contributed by atoms with van der Waals surface area (Å²) in [4.78, 5) is 23.3. The Bertz CT molecular complexity index is 795. The van der Waals surface area contributed by atoms with Crippen molar-refractivity contribution in [1.82, 2.24) is 5.32 Å². The molecular weight excluding hydrogens is 344 g/mol. The fourth-order valence-corrected chi connectivity index (χ4v) is 1.91. The van der Waals surface area contributed by atoms with E-state index in [4.69, 9.17) is 4.74 Å². The lowest BCUT2D eigenvalue weighted by atomic mass is 10.3. The van der Waals surface area contributed by atoms with Crippen molar-refractivity contribution in [3.63, 3.8) is 0 Å². The molecule has 0 saturated heterocycles. The van der Waals surface area contributed by atoms with Crippen LogP contribution in [0.3, 0.4) is 0 Å². The minimum atomic E-state index is -0.886. The van der Waals surface area contributed by atoms with Crippen molar-refractivity contribution in [2.45, 2.75) is 0 Å². The van der Waals surface area contributed by atoms with Crippen LogP contribution in [0.4, 0.5) is 25.0 Å². The molecule has 0 aromatic heterocycles. The molecule has 26 heavy (non-hydrogen) atoms. The van der Waals surface area contributed by atoms with Gasteiger partial charge in [-0.05, 0) is 36.4 Å². The van der Waals surface area contributed by atoms with Gasteiger partial charge in [0.15, 0.2) is 18.2 Å². The van der Waals surface area contributed by atoms with Gasteiger partial charge in [0.05, 0.1) is 0 Å². The van der Waals surface area contributed by atoms with Crippen LogP contribution in [-0.4, -0.2) is 25.1 Å². The molecule has 2 aromatic carbocycles. The van der Waals surface area contributed by atoms with Crippen LogP contribution in [0.25, 0.3) is 0 Å². The standard InChI is InChI=1S/C18H17F2N3O3/c1-2-9-21-18(25)23-14-6-4-13(5-7-14)22-17(24)11-26-16-8-3-12(19)10-15(16)20/h2-8,10H,1,9,11H2,(H,22,24)(H2,21,23,25). The smallest absolute Gasteiger partial charge is 0.319 e. The quantitative estimate of drug-likeness (QED) is 0.662. The molecule has 0 unspecified atom stereocenters. The summed E-state index contributed by atoms with van der Waals surface area (Å²) in [5.41, 5.74) is 1.00. The molecule has 0 heterocycles. The van der Waals surface area contributed by atoms with Crippen LogP contribution >= 0.6 is 0 Å². The molecule has 0 fully saturated rings. The molecule has 2 aromatic rings. The van der Waals surface area contributed by atoms with Crippen molar-refractivity contribution < 1.29 is 23.1 Å². The summed E-state index contributed by atoms with van der Waals surface area (Å²) in [6.45, 7) is 3.40. The number of ether oxygens (including phenoxy) is 1. The molecule has 136 valence electrons. The molecule has 0 aliphatic carbocycles. The molecular formula is C18H17F2N3O3. The molecule has 2 rings (SSSR count). The maximum absolute atomic E-state index is 13.4. The van der Waals surface area contributed by atoms with E-state index in [-0.39, 0.29) is 11.8 Å². The number of rotatable bonds is 7. The highest BCUT2D eigenvalue weighted by Gasteiger charge is 2.08. The molecule has 3 amide bonds. The summed E-state index contributed by atoms with van der Waals surface area (Å²) in [5.74, 6) is -2.35. The van der Waals surface area contributed by atoms with Crippen LogP contribution < -0.4 is 20.7 Å². The maximum Gasteiger partial charge on any atom is 0.319 e. The van der Waals surface area contributed by atoms with Crippen molar-refractivity contribution in [1.29, 1.82) is 0 Å². The van der Waals surface area contributed by atoms with Gasteiger partial charge in [-0.25, -0.2) is 13.6 Å². The number of carbonyl (C=O) groups excluding carboxylic acids is 2. The second-order valence-electron chi connectivity index (χ2n) is 5.11. The number of hydrogen-bond acceptors (Lipinski definition) is 3. The number of nitrogens with one attached hydrogen (secondary N) is 3. The summed E-state index contributed by atoms with van der Waals surface area (Å²) in [7, 11) is 0. The maximum atomic E-state index is 13.4. The van der Waals surface area contributed by atoms with E-state index < -0.39 is 24.1 Å². The van der Waals surface area contributed by atoms with E-state index in [0.29, 0.717) is 24.0 Å². The van der Waals surface area contributed by atoms with Crippen LogP contribution in [0.5, 0.6) is 5.75 Å². The monoisotopic (exact) mass is 361 g/mol. The van der Waals surface area contributed by atoms with Crippen LogP contribution in [0, 0.1) is 11.6 Å². The van der Waals surface area contributed by atoms with Gasteiger partial charge >= 0.3 is 6.03 Å². The lowest BCUT2D eigenvalue weighted by Crippen LogP contribution is -2.28. The zero-order chi connectivity index (χ0) is 18.9. The van der Waals surface area contributed by atoms with E-state index in [0.717, 1.165) is 12.1 Å². The van der Waals surface area contributed by atoms with Crippen molar-refractivity contribution in [3.8, 4) is 5.75 Å². The van der Waals surface area contributed by atoms with Crippen molar-refractivity contribution in [2.24, 2.45) is 0 Å². The lowest BCUT2D eigenvalue weighted by molar-refractivity contribution is -0.118. The predicted molar refractivity (Wildman–Crippen MR) is 94.1 cm³/mol. The van der Waals surface area contributed by atoms with Gasteiger partial charge in [-0.1, -0.05) is 6.08 Å². The van der Waals surface area contributed by atoms with E-state index >= 15 is 0 Å². The number of urea groups is 1. The Labute approximate surface area is 148 Å². The minimum absolute atomic E-state index is 0.216. The summed E-state index contributed by atoms with van der Waals surface area (Å²) >= 11 is 0. The Kier molecular flexibility index (Phi) is 6.67. The third-order valence-electron chi connectivity index (χ3n) is 3.09. The normalized spacial score (nSPS) is 9.92. The van der Waals surface area contributed by atoms with E-state index in [1.54, 1.807) is 30.3 Å². The highest BCUT2D eigenvalue weighted by atomic mass is 19.1. The van der Waals surface area contributed by atoms with Crippen LogP contribution in [-0.2, 0) is 4.79 Å². The molecule has 8 heteroatoms. The zero-order valence-electron chi connectivity index (χ0n) is 13.7. The third kappa shape index (κ3) is 5.90. The van der Waals surface area contributed by atoms with Crippen molar-refractivity contribution in [2.75, 3.05) is 23.8 Å². The van der Waals surface area contributed by atoms with Gasteiger partial charge < -0.3 is 20.7 Å². The number of halogens is 2. The Balaban J connectivity index is 1.83. The molecule has 3 N–H and O–H groups in total. The molecule has 0 saturated carbocycles. The Hall–Kier alpha value is -3.42. The fraction of sp³-hybridized carbons (Fsp3) is 0.111. The largest absolute Gasteiger partial charge is 0.481 e. The van der Waals surface area contributed by atoms with Crippen molar-refractivity contribution >= 4 is 23.3 Å². The highest BCUT2D eigenvalue weighted by molar-refractivity contribution is 5.93. The van der Waals surface area contributed by atoms with E-state index in [2.05, 4.69) is 22.5 Å². The van der Waals surface area contributed by atoms with Crippen molar-refractivity contribution in [3.05, 3.63) is 66.8 Å². The van der Waals surface area contributed by atoms with Crippen LogP contribution in [0.15, 0.2) is 55.1 Å². The van der Waals surface area contributed by atoms with Gasteiger partial charge in [-0.3, -0.25) is 4.79 Å². The zero-order valence-corrected chi connectivity index (χ0v) is 13.7. The number of hydrogen-bond donors (Lipinski definition) is 3. The number of benzene rings is 2. The molecule has 0 aliphatic rings. The second-order valence-corrected chi connectivity index (χ2v) is 5.11. The average Bonchev–Trinajstić information content (AvgIpc) is 2.61. The Morgan fingerprint density at radius 2 is 1.69 bits per heavy atom. The van der Waals surface area contributed by atoms with Gasteiger partial charge in [0.2, 0.25) is 0 Å². The van der Waals surface area contributed by atoms with Gasteiger partial charge in [0, 0.05) is 24.0 Å². The molecule has 0 bridgehead atoms. The average molecular weight is 361 g/mol. The van der Waals surface area contributed by atoms with Crippen LogP contribution in [0.2, 0.25) is 0 Å². The first-order valence-electron chi connectivity index (χ1n) is 7.61. The SMILES string of the molecule is C=CCNC(=O)Nc1ccc(NC(=O)COc2ccc(F)cc2F)cc1. The second kappa shape index (κ2) is 9.16.